The molecule has 30 heavy (non-hydrogen) atoms. The second-order valence-corrected chi connectivity index (χ2v) is 7.84. The zero-order valence-corrected chi connectivity index (χ0v) is 17.3. The van der Waals surface area contributed by atoms with E-state index in [0.29, 0.717) is 21.6 Å². The highest BCUT2D eigenvalue weighted by molar-refractivity contribution is 6.35. The number of benzene rings is 2. The molecule has 0 saturated carbocycles. The standard InChI is InChI=1S/C23H17Cl2N4O/c24-19-8-3-9-20(25)18(19)14-30-17-7-2-6-16(12-17)23-28-22(15-4-1-5-15)21-13-27-10-11-29(21,23)26/h1-13H,14,26H2/q+1. The van der Waals surface area contributed by atoms with E-state index in [1.54, 1.807) is 24.5 Å². The molecule has 2 aromatic rings. The minimum atomic E-state index is -0.0379. The van der Waals surface area contributed by atoms with E-state index in [1.807, 2.05) is 54.8 Å². The molecular weight excluding hydrogens is 419 g/mol. The van der Waals surface area contributed by atoms with Crippen LogP contribution in [0.2, 0.25) is 10.0 Å². The van der Waals surface area contributed by atoms with Crippen LogP contribution in [-0.2, 0) is 6.61 Å². The van der Waals surface area contributed by atoms with Crippen LogP contribution in [0.5, 0.6) is 5.75 Å². The Balaban J connectivity index is 1.46. The average molecular weight is 436 g/mol. The van der Waals surface area contributed by atoms with Gasteiger partial charge in [0.1, 0.15) is 24.3 Å². The van der Waals surface area contributed by atoms with E-state index in [4.69, 9.17) is 38.8 Å². The Labute approximate surface area is 184 Å². The first-order valence-corrected chi connectivity index (χ1v) is 10.1. The minimum absolute atomic E-state index is 0.0379. The van der Waals surface area contributed by atoms with Crippen LogP contribution in [0.3, 0.4) is 0 Å². The topological polar surface area (TPSA) is 60.0 Å². The lowest BCUT2D eigenvalue weighted by Crippen LogP contribution is -2.53. The van der Waals surface area contributed by atoms with Crippen LogP contribution in [0.1, 0.15) is 11.1 Å². The van der Waals surface area contributed by atoms with Gasteiger partial charge in [0, 0.05) is 21.2 Å². The number of amidine groups is 1. The Morgan fingerprint density at radius 2 is 1.83 bits per heavy atom. The quantitative estimate of drug-likeness (QED) is 0.512. The molecule has 2 aromatic carbocycles. The van der Waals surface area contributed by atoms with E-state index in [9.17, 15) is 0 Å². The number of ether oxygens (including phenoxy) is 1. The van der Waals surface area contributed by atoms with Gasteiger partial charge in [-0.15, -0.1) is 4.59 Å². The average Bonchev–Trinajstić information content (AvgIpc) is 2.99. The maximum absolute atomic E-state index is 6.75. The van der Waals surface area contributed by atoms with Gasteiger partial charge in [0.15, 0.2) is 0 Å². The molecule has 2 N–H and O–H groups in total. The van der Waals surface area contributed by atoms with Crippen LogP contribution in [0, 0.1) is 0 Å². The van der Waals surface area contributed by atoms with Gasteiger partial charge in [-0.1, -0.05) is 53.6 Å². The third-order valence-corrected chi connectivity index (χ3v) is 5.86. The van der Waals surface area contributed by atoms with Crippen LogP contribution >= 0.6 is 23.2 Å². The van der Waals surface area contributed by atoms with Crippen LogP contribution < -0.4 is 10.6 Å². The molecule has 1 aliphatic carbocycles. The fourth-order valence-electron chi connectivity index (χ4n) is 3.49. The van der Waals surface area contributed by atoms with Crippen molar-refractivity contribution in [3.63, 3.8) is 0 Å². The highest BCUT2D eigenvalue weighted by atomic mass is 35.5. The third-order valence-electron chi connectivity index (χ3n) is 5.16. The van der Waals surface area contributed by atoms with E-state index in [0.717, 1.165) is 28.1 Å². The largest absolute Gasteiger partial charge is 0.489 e. The normalized spacial score (nSPS) is 21.3. The summed E-state index contributed by atoms with van der Waals surface area (Å²) in [6.45, 7) is 0.260. The fraction of sp³-hybridized carbons (Fsp3) is 0.0435. The van der Waals surface area contributed by atoms with Crippen molar-refractivity contribution in [3.8, 4) is 5.75 Å². The summed E-state index contributed by atoms with van der Waals surface area (Å²) in [4.78, 5) is 9.12. The number of aliphatic imine (C=N–C) groups is 2. The molecule has 0 amide bonds. The smallest absolute Gasteiger partial charge is 0.265 e. The van der Waals surface area contributed by atoms with Crippen molar-refractivity contribution >= 4 is 35.3 Å². The molecule has 7 heteroatoms. The number of quaternary nitrogens is 1. The number of allylic oxidation sites excluding steroid dienone is 4. The number of nitrogens with zero attached hydrogens (tertiary/aromatic N) is 3. The van der Waals surface area contributed by atoms with Crippen molar-refractivity contribution in [2.45, 2.75) is 6.61 Å². The summed E-state index contributed by atoms with van der Waals surface area (Å²) >= 11 is 12.5. The SMILES string of the molecule is N[N+]12C=CN=CC1=C(C1=CC=C1)N=C2c1cccc(OCc2c(Cl)cccc2Cl)c1. The zero-order chi connectivity index (χ0) is 20.7. The summed E-state index contributed by atoms with van der Waals surface area (Å²) < 4.78 is 5.94. The molecule has 2 aliphatic heterocycles. The molecule has 0 saturated heterocycles. The number of fused-ring (bicyclic) bond motifs is 1. The number of hydrogen-bond acceptors (Lipinski definition) is 4. The lowest BCUT2D eigenvalue weighted by atomic mass is 10.0. The molecule has 148 valence electrons. The summed E-state index contributed by atoms with van der Waals surface area (Å²) in [6.07, 6.45) is 11.3. The third kappa shape index (κ3) is 3.13. The van der Waals surface area contributed by atoms with Gasteiger partial charge in [0.25, 0.3) is 5.84 Å². The van der Waals surface area contributed by atoms with E-state index in [1.165, 1.54) is 0 Å². The molecule has 0 bridgehead atoms. The van der Waals surface area contributed by atoms with Gasteiger partial charge in [0.05, 0.1) is 18.0 Å². The maximum atomic E-state index is 6.75. The van der Waals surface area contributed by atoms with Gasteiger partial charge in [-0.05, 0) is 30.3 Å². The van der Waals surface area contributed by atoms with Crippen molar-refractivity contribution in [2.75, 3.05) is 0 Å². The van der Waals surface area contributed by atoms with Gasteiger partial charge < -0.3 is 4.74 Å². The highest BCUT2D eigenvalue weighted by Gasteiger charge is 2.44. The minimum Gasteiger partial charge on any atom is -0.489 e. The molecule has 1 atom stereocenters. The van der Waals surface area contributed by atoms with Crippen molar-refractivity contribution in [3.05, 3.63) is 111 Å². The van der Waals surface area contributed by atoms with Crippen LogP contribution in [-0.4, -0.2) is 16.6 Å². The zero-order valence-electron chi connectivity index (χ0n) is 15.8. The summed E-state index contributed by atoms with van der Waals surface area (Å²) in [6, 6.07) is 13.1. The Bertz CT molecular complexity index is 1220. The molecular formula is C23H17Cl2N4O+. The number of halogens is 2. The molecule has 5 nitrogen and oxygen atoms in total. The van der Waals surface area contributed by atoms with Gasteiger partial charge in [-0.3, -0.25) is 4.99 Å². The van der Waals surface area contributed by atoms with E-state index in [2.05, 4.69) is 4.99 Å². The van der Waals surface area contributed by atoms with Crippen LogP contribution in [0.15, 0.2) is 100 Å². The Morgan fingerprint density at radius 3 is 2.57 bits per heavy atom. The summed E-state index contributed by atoms with van der Waals surface area (Å²) in [5, 5.41) is 1.15. The number of nitrogens with two attached hydrogens (primary N) is 1. The number of rotatable bonds is 5. The molecule has 0 radical (unpaired) electrons. The highest BCUT2D eigenvalue weighted by Crippen LogP contribution is 2.36. The first-order chi connectivity index (χ1) is 14.6. The molecule has 0 spiro atoms. The first kappa shape index (κ1) is 19.0. The molecule has 2 heterocycles. The maximum Gasteiger partial charge on any atom is 0.265 e. The predicted octanol–water partition coefficient (Wildman–Crippen LogP) is 5.29. The predicted molar refractivity (Wildman–Crippen MR) is 120 cm³/mol. The van der Waals surface area contributed by atoms with Gasteiger partial charge in [0.2, 0.25) is 5.70 Å². The fourth-order valence-corrected chi connectivity index (χ4v) is 4.00. The molecule has 0 aromatic heterocycles. The van der Waals surface area contributed by atoms with Gasteiger partial charge >= 0.3 is 0 Å². The molecule has 5 rings (SSSR count). The molecule has 1 unspecified atom stereocenters. The number of hydrogen-bond donors (Lipinski definition) is 1. The Kier molecular flexibility index (Phi) is 4.68. The van der Waals surface area contributed by atoms with Gasteiger partial charge in [-0.25, -0.2) is 0 Å². The molecule has 0 fully saturated rings. The Hall–Kier alpha value is -2.96. The monoisotopic (exact) mass is 435 g/mol. The summed E-state index contributed by atoms with van der Waals surface area (Å²) in [5.41, 5.74) is 4.30. The summed E-state index contributed by atoms with van der Waals surface area (Å²) in [7, 11) is 0. The van der Waals surface area contributed by atoms with Crippen molar-refractivity contribution < 1.29 is 9.33 Å². The van der Waals surface area contributed by atoms with Crippen LogP contribution in [0.4, 0.5) is 0 Å². The lowest BCUT2D eigenvalue weighted by molar-refractivity contribution is -0.750. The van der Waals surface area contributed by atoms with Crippen LogP contribution in [0.25, 0.3) is 0 Å². The second kappa shape index (κ2) is 7.38. The van der Waals surface area contributed by atoms with E-state index >= 15 is 0 Å². The summed E-state index contributed by atoms with van der Waals surface area (Å²) in [5.74, 6) is 8.12. The molecule has 3 aliphatic rings. The first-order valence-electron chi connectivity index (χ1n) is 9.33. The van der Waals surface area contributed by atoms with Gasteiger partial charge in [-0.2, -0.15) is 10.8 Å². The Morgan fingerprint density at radius 1 is 1.07 bits per heavy atom. The lowest BCUT2D eigenvalue weighted by Gasteiger charge is -2.26. The van der Waals surface area contributed by atoms with E-state index < -0.39 is 0 Å². The van der Waals surface area contributed by atoms with Crippen molar-refractivity contribution in [1.82, 2.24) is 0 Å². The van der Waals surface area contributed by atoms with E-state index in [-0.39, 0.29) is 11.2 Å². The second-order valence-electron chi connectivity index (χ2n) is 7.02. The van der Waals surface area contributed by atoms with Crippen molar-refractivity contribution in [2.24, 2.45) is 15.8 Å². The van der Waals surface area contributed by atoms with Crippen molar-refractivity contribution in [1.29, 1.82) is 0 Å².